The maximum Gasteiger partial charge on any atom is 0.251 e. The molecule has 1 aliphatic heterocycles. The highest BCUT2D eigenvalue weighted by molar-refractivity contribution is 5.94. The molecule has 0 radical (unpaired) electrons. The second-order valence-corrected chi connectivity index (χ2v) is 5.86. The maximum absolute atomic E-state index is 13.2. The number of halogens is 2. The number of amides is 2. The Labute approximate surface area is 134 Å². The molecule has 0 unspecified atom stereocenters. The Morgan fingerprint density at radius 1 is 1.22 bits per heavy atom. The summed E-state index contributed by atoms with van der Waals surface area (Å²) in [5.41, 5.74) is 0.102. The Bertz CT molecular complexity index is 570. The number of nitrogens with one attached hydrogen (secondary N) is 1. The van der Waals surface area contributed by atoms with Crippen LogP contribution in [0.25, 0.3) is 0 Å². The van der Waals surface area contributed by atoms with Crippen molar-refractivity contribution in [2.24, 2.45) is 0 Å². The van der Waals surface area contributed by atoms with Crippen LogP contribution in [0.15, 0.2) is 18.2 Å². The summed E-state index contributed by atoms with van der Waals surface area (Å²) in [5, 5.41) is 2.82. The molecule has 1 aliphatic rings. The molecule has 1 heterocycles. The fraction of sp³-hybridized carbons (Fsp3) is 0.529. The number of rotatable bonds is 5. The molecule has 0 bridgehead atoms. The molecule has 1 aromatic rings. The first kappa shape index (κ1) is 17.4. The maximum atomic E-state index is 13.2. The standard InChI is InChI=1S/C17H22F2N2O2/c1-2-3-4-16(22)21-9-7-13(8-10-21)20-17(23)12-5-6-14(18)15(19)11-12/h5-6,11,13H,2-4,7-10H2,1H3,(H,20,23). The van der Waals surface area contributed by atoms with Gasteiger partial charge in [-0.15, -0.1) is 0 Å². The van der Waals surface area contributed by atoms with Crippen LogP contribution in [0.2, 0.25) is 0 Å². The van der Waals surface area contributed by atoms with E-state index in [0.717, 1.165) is 25.0 Å². The van der Waals surface area contributed by atoms with Crippen molar-refractivity contribution in [2.45, 2.75) is 45.1 Å². The molecule has 23 heavy (non-hydrogen) atoms. The summed E-state index contributed by atoms with van der Waals surface area (Å²) in [4.78, 5) is 25.8. The van der Waals surface area contributed by atoms with Crippen LogP contribution in [0.4, 0.5) is 8.78 Å². The Kier molecular flexibility index (Phi) is 6.07. The van der Waals surface area contributed by atoms with Crippen LogP contribution >= 0.6 is 0 Å². The predicted molar refractivity (Wildman–Crippen MR) is 83.0 cm³/mol. The van der Waals surface area contributed by atoms with Gasteiger partial charge in [0.15, 0.2) is 11.6 Å². The average molecular weight is 324 g/mol. The van der Waals surface area contributed by atoms with E-state index in [0.29, 0.717) is 32.4 Å². The van der Waals surface area contributed by atoms with E-state index in [-0.39, 0.29) is 17.5 Å². The van der Waals surface area contributed by atoms with Crippen molar-refractivity contribution in [3.05, 3.63) is 35.4 Å². The zero-order valence-corrected chi connectivity index (χ0v) is 13.3. The fourth-order valence-electron chi connectivity index (χ4n) is 2.67. The van der Waals surface area contributed by atoms with Crippen LogP contribution in [-0.2, 0) is 4.79 Å². The summed E-state index contributed by atoms with van der Waals surface area (Å²) in [6.45, 7) is 3.28. The molecule has 0 atom stereocenters. The largest absolute Gasteiger partial charge is 0.349 e. The van der Waals surface area contributed by atoms with E-state index in [1.807, 2.05) is 11.8 Å². The van der Waals surface area contributed by atoms with Gasteiger partial charge in [0, 0.05) is 31.1 Å². The lowest BCUT2D eigenvalue weighted by atomic mass is 10.0. The van der Waals surface area contributed by atoms with E-state index in [2.05, 4.69) is 5.32 Å². The molecule has 1 aromatic carbocycles. The number of hydrogen-bond donors (Lipinski definition) is 1. The molecule has 0 saturated carbocycles. The van der Waals surface area contributed by atoms with Crippen LogP contribution < -0.4 is 5.32 Å². The van der Waals surface area contributed by atoms with E-state index < -0.39 is 17.5 Å². The number of unbranched alkanes of at least 4 members (excludes halogenated alkanes) is 1. The summed E-state index contributed by atoms with van der Waals surface area (Å²) in [6.07, 6.45) is 3.81. The molecule has 1 fully saturated rings. The predicted octanol–water partition coefficient (Wildman–Crippen LogP) is 2.88. The lowest BCUT2D eigenvalue weighted by Gasteiger charge is -2.32. The van der Waals surface area contributed by atoms with Crippen molar-refractivity contribution in [1.82, 2.24) is 10.2 Å². The van der Waals surface area contributed by atoms with Crippen LogP contribution in [0.1, 0.15) is 49.4 Å². The minimum absolute atomic E-state index is 0.0501. The van der Waals surface area contributed by atoms with Crippen molar-refractivity contribution in [2.75, 3.05) is 13.1 Å². The first-order valence-electron chi connectivity index (χ1n) is 8.05. The van der Waals surface area contributed by atoms with Crippen molar-refractivity contribution >= 4 is 11.8 Å². The number of benzene rings is 1. The molecule has 2 amide bonds. The van der Waals surface area contributed by atoms with Crippen molar-refractivity contribution in [3.63, 3.8) is 0 Å². The van der Waals surface area contributed by atoms with Gasteiger partial charge in [-0.2, -0.15) is 0 Å². The number of carbonyl (C=O) groups is 2. The molecular formula is C17H22F2N2O2. The molecule has 0 aliphatic carbocycles. The SMILES string of the molecule is CCCCC(=O)N1CCC(NC(=O)c2ccc(F)c(F)c2)CC1. The van der Waals surface area contributed by atoms with Crippen molar-refractivity contribution in [1.29, 1.82) is 0 Å². The van der Waals surface area contributed by atoms with Gasteiger partial charge < -0.3 is 10.2 Å². The number of carbonyl (C=O) groups excluding carboxylic acids is 2. The van der Waals surface area contributed by atoms with Gasteiger partial charge in [0.2, 0.25) is 5.91 Å². The average Bonchev–Trinajstić information content (AvgIpc) is 2.55. The summed E-state index contributed by atoms with van der Waals surface area (Å²) in [6, 6.07) is 3.05. The zero-order chi connectivity index (χ0) is 16.8. The Hall–Kier alpha value is -1.98. The van der Waals surface area contributed by atoms with Gasteiger partial charge in [-0.1, -0.05) is 13.3 Å². The molecule has 0 spiro atoms. The van der Waals surface area contributed by atoms with Gasteiger partial charge in [0.05, 0.1) is 0 Å². The number of hydrogen-bond acceptors (Lipinski definition) is 2. The summed E-state index contributed by atoms with van der Waals surface area (Å²) in [7, 11) is 0. The van der Waals surface area contributed by atoms with Gasteiger partial charge in [-0.05, 0) is 37.5 Å². The first-order chi connectivity index (χ1) is 11.0. The van der Waals surface area contributed by atoms with Gasteiger partial charge in [0.25, 0.3) is 5.91 Å². The minimum atomic E-state index is -1.03. The van der Waals surface area contributed by atoms with E-state index in [9.17, 15) is 18.4 Å². The normalized spacial score (nSPS) is 15.5. The minimum Gasteiger partial charge on any atom is -0.349 e. The van der Waals surface area contributed by atoms with Gasteiger partial charge in [0.1, 0.15) is 0 Å². The zero-order valence-electron chi connectivity index (χ0n) is 13.3. The highest BCUT2D eigenvalue weighted by Crippen LogP contribution is 2.14. The van der Waals surface area contributed by atoms with Crippen LogP contribution in [-0.4, -0.2) is 35.8 Å². The third kappa shape index (κ3) is 4.74. The quantitative estimate of drug-likeness (QED) is 0.905. The van der Waals surface area contributed by atoms with E-state index >= 15 is 0 Å². The highest BCUT2D eigenvalue weighted by atomic mass is 19.2. The third-order valence-electron chi connectivity index (χ3n) is 4.11. The monoisotopic (exact) mass is 324 g/mol. The van der Waals surface area contributed by atoms with Gasteiger partial charge in [-0.25, -0.2) is 8.78 Å². The Morgan fingerprint density at radius 3 is 2.52 bits per heavy atom. The number of nitrogens with zero attached hydrogens (tertiary/aromatic N) is 1. The molecule has 126 valence electrons. The van der Waals surface area contributed by atoms with Crippen molar-refractivity contribution < 1.29 is 18.4 Å². The second-order valence-electron chi connectivity index (χ2n) is 5.86. The molecule has 4 nitrogen and oxygen atoms in total. The smallest absolute Gasteiger partial charge is 0.251 e. The van der Waals surface area contributed by atoms with E-state index in [1.54, 1.807) is 0 Å². The van der Waals surface area contributed by atoms with Gasteiger partial charge >= 0.3 is 0 Å². The molecule has 2 rings (SSSR count). The highest BCUT2D eigenvalue weighted by Gasteiger charge is 2.24. The van der Waals surface area contributed by atoms with Gasteiger partial charge in [-0.3, -0.25) is 9.59 Å². The summed E-state index contributed by atoms with van der Waals surface area (Å²) in [5.74, 6) is -2.26. The molecule has 1 N–H and O–H groups in total. The summed E-state index contributed by atoms with van der Waals surface area (Å²) < 4.78 is 26.0. The Morgan fingerprint density at radius 2 is 1.91 bits per heavy atom. The summed E-state index contributed by atoms with van der Waals surface area (Å²) >= 11 is 0. The topological polar surface area (TPSA) is 49.4 Å². The van der Waals surface area contributed by atoms with E-state index in [4.69, 9.17) is 0 Å². The van der Waals surface area contributed by atoms with Crippen LogP contribution in [0, 0.1) is 11.6 Å². The molecule has 0 aromatic heterocycles. The van der Waals surface area contributed by atoms with Crippen LogP contribution in [0.3, 0.4) is 0 Å². The lowest BCUT2D eigenvalue weighted by Crippen LogP contribution is -2.46. The second kappa shape index (κ2) is 8.04. The number of likely N-dealkylation sites (tertiary alicyclic amines) is 1. The van der Waals surface area contributed by atoms with Crippen molar-refractivity contribution in [3.8, 4) is 0 Å². The molecule has 6 heteroatoms. The molecular weight excluding hydrogens is 302 g/mol. The lowest BCUT2D eigenvalue weighted by molar-refractivity contribution is -0.132. The first-order valence-corrected chi connectivity index (χ1v) is 8.05. The number of piperidine rings is 1. The van der Waals surface area contributed by atoms with E-state index in [1.165, 1.54) is 6.07 Å². The molecule has 1 saturated heterocycles. The van der Waals surface area contributed by atoms with Crippen LogP contribution in [0.5, 0.6) is 0 Å². The Balaban J connectivity index is 1.82. The fourth-order valence-corrected chi connectivity index (χ4v) is 2.67. The third-order valence-corrected chi connectivity index (χ3v) is 4.11.